The van der Waals surface area contributed by atoms with Crippen LogP contribution >= 0.6 is 0 Å². The van der Waals surface area contributed by atoms with Crippen LogP contribution in [-0.4, -0.2) is 6.61 Å². The molecule has 0 radical (unpaired) electrons. The number of benzene rings is 2. The molecule has 2 heteroatoms. The summed E-state index contributed by atoms with van der Waals surface area (Å²) < 4.78 is 18.8. The van der Waals surface area contributed by atoms with Crippen molar-refractivity contribution in [3.8, 4) is 5.75 Å². The molecule has 2 aromatic carbocycles. The standard InChI is InChI=1S/C12H11FO/c1-2-14-12-8-7-11(13)9-5-3-4-6-10(9)12/h3-8H,2H2,1H3. The van der Waals surface area contributed by atoms with Gasteiger partial charge in [-0.15, -0.1) is 0 Å². The fraction of sp³-hybridized carbons (Fsp3) is 0.167. The van der Waals surface area contributed by atoms with Crippen molar-refractivity contribution < 1.29 is 9.13 Å². The van der Waals surface area contributed by atoms with Crippen molar-refractivity contribution in [3.05, 3.63) is 42.2 Å². The highest BCUT2D eigenvalue weighted by molar-refractivity contribution is 5.88. The Kier molecular flexibility index (Phi) is 2.35. The molecular formula is C12H11FO. The summed E-state index contributed by atoms with van der Waals surface area (Å²) in [4.78, 5) is 0. The van der Waals surface area contributed by atoms with Crippen molar-refractivity contribution in [2.45, 2.75) is 6.92 Å². The van der Waals surface area contributed by atoms with Gasteiger partial charge in [0.1, 0.15) is 11.6 Å². The van der Waals surface area contributed by atoms with Crippen LogP contribution in [0.25, 0.3) is 10.8 Å². The normalized spacial score (nSPS) is 10.4. The van der Waals surface area contributed by atoms with E-state index < -0.39 is 0 Å². The van der Waals surface area contributed by atoms with Crippen molar-refractivity contribution in [1.29, 1.82) is 0 Å². The van der Waals surface area contributed by atoms with E-state index in [9.17, 15) is 4.39 Å². The van der Waals surface area contributed by atoms with Gasteiger partial charge in [0.25, 0.3) is 0 Å². The molecule has 0 fully saturated rings. The van der Waals surface area contributed by atoms with E-state index in [2.05, 4.69) is 0 Å². The molecule has 0 N–H and O–H groups in total. The molecule has 0 aliphatic carbocycles. The van der Waals surface area contributed by atoms with Gasteiger partial charge in [-0.3, -0.25) is 0 Å². The van der Waals surface area contributed by atoms with Gasteiger partial charge in [-0.2, -0.15) is 0 Å². The van der Waals surface area contributed by atoms with Gasteiger partial charge in [0.2, 0.25) is 0 Å². The predicted molar refractivity (Wildman–Crippen MR) is 55.1 cm³/mol. The second kappa shape index (κ2) is 3.66. The second-order valence-electron chi connectivity index (χ2n) is 3.02. The lowest BCUT2D eigenvalue weighted by Gasteiger charge is -2.07. The van der Waals surface area contributed by atoms with E-state index in [1.807, 2.05) is 25.1 Å². The van der Waals surface area contributed by atoms with Gasteiger partial charge < -0.3 is 4.74 Å². The molecule has 2 aromatic rings. The maximum absolute atomic E-state index is 13.4. The Bertz CT molecular complexity index is 451. The SMILES string of the molecule is CCOc1ccc(F)c2ccccc12. The Labute approximate surface area is 82.1 Å². The van der Waals surface area contributed by atoms with Crippen LogP contribution in [0.4, 0.5) is 4.39 Å². The largest absolute Gasteiger partial charge is 0.493 e. The quantitative estimate of drug-likeness (QED) is 0.705. The third kappa shape index (κ3) is 1.43. The van der Waals surface area contributed by atoms with Crippen molar-refractivity contribution >= 4 is 10.8 Å². The maximum atomic E-state index is 13.4. The summed E-state index contributed by atoms with van der Waals surface area (Å²) in [7, 11) is 0. The van der Waals surface area contributed by atoms with Gasteiger partial charge in [-0.1, -0.05) is 24.3 Å². The lowest BCUT2D eigenvalue weighted by atomic mass is 10.1. The van der Waals surface area contributed by atoms with Crippen molar-refractivity contribution in [1.82, 2.24) is 0 Å². The van der Waals surface area contributed by atoms with Gasteiger partial charge >= 0.3 is 0 Å². The average molecular weight is 190 g/mol. The van der Waals surface area contributed by atoms with E-state index in [1.54, 1.807) is 12.1 Å². The van der Waals surface area contributed by atoms with E-state index in [4.69, 9.17) is 4.74 Å². The number of hydrogen-bond donors (Lipinski definition) is 0. The number of hydrogen-bond acceptors (Lipinski definition) is 1. The summed E-state index contributed by atoms with van der Waals surface area (Å²) in [6.45, 7) is 2.51. The van der Waals surface area contributed by atoms with Crippen molar-refractivity contribution in [2.24, 2.45) is 0 Å². The van der Waals surface area contributed by atoms with Gasteiger partial charge in [-0.25, -0.2) is 4.39 Å². The average Bonchev–Trinajstić information content (AvgIpc) is 2.23. The number of fused-ring (bicyclic) bond motifs is 1. The molecular weight excluding hydrogens is 179 g/mol. The first-order valence-corrected chi connectivity index (χ1v) is 4.63. The molecule has 0 aliphatic heterocycles. The topological polar surface area (TPSA) is 9.23 Å². The minimum absolute atomic E-state index is 0.205. The van der Waals surface area contributed by atoms with Crippen molar-refractivity contribution in [2.75, 3.05) is 6.61 Å². The molecule has 0 aromatic heterocycles. The Hall–Kier alpha value is -1.57. The van der Waals surface area contributed by atoms with Crippen molar-refractivity contribution in [3.63, 3.8) is 0 Å². The maximum Gasteiger partial charge on any atom is 0.131 e. The summed E-state index contributed by atoms with van der Waals surface area (Å²) in [5, 5.41) is 1.44. The molecule has 0 heterocycles. The fourth-order valence-electron chi connectivity index (χ4n) is 1.52. The molecule has 72 valence electrons. The molecule has 2 rings (SSSR count). The minimum atomic E-state index is -0.205. The summed E-state index contributed by atoms with van der Waals surface area (Å²) >= 11 is 0. The van der Waals surface area contributed by atoms with Crippen LogP contribution in [0.2, 0.25) is 0 Å². The van der Waals surface area contributed by atoms with Crippen LogP contribution in [0, 0.1) is 5.82 Å². The molecule has 0 spiro atoms. The van der Waals surface area contributed by atoms with Crippen LogP contribution in [-0.2, 0) is 0 Å². The third-order valence-electron chi connectivity index (χ3n) is 2.13. The van der Waals surface area contributed by atoms with Crippen LogP contribution in [0.3, 0.4) is 0 Å². The summed E-state index contributed by atoms with van der Waals surface area (Å²) in [5.74, 6) is 0.536. The highest BCUT2D eigenvalue weighted by Crippen LogP contribution is 2.27. The molecule has 0 saturated carbocycles. The molecule has 0 bridgehead atoms. The molecule has 14 heavy (non-hydrogen) atoms. The Morgan fingerprint density at radius 3 is 2.50 bits per heavy atom. The molecule has 0 amide bonds. The van der Waals surface area contributed by atoms with E-state index in [-0.39, 0.29) is 5.82 Å². The van der Waals surface area contributed by atoms with E-state index >= 15 is 0 Å². The smallest absolute Gasteiger partial charge is 0.131 e. The lowest BCUT2D eigenvalue weighted by Crippen LogP contribution is -1.93. The summed E-state index contributed by atoms with van der Waals surface area (Å²) in [6.07, 6.45) is 0. The molecule has 0 saturated heterocycles. The first kappa shape index (κ1) is 9.00. The highest BCUT2D eigenvalue weighted by atomic mass is 19.1. The molecule has 0 unspecified atom stereocenters. The van der Waals surface area contributed by atoms with Gasteiger partial charge in [0.15, 0.2) is 0 Å². The lowest BCUT2D eigenvalue weighted by molar-refractivity contribution is 0.344. The van der Waals surface area contributed by atoms with Crippen LogP contribution < -0.4 is 4.74 Å². The molecule has 0 aliphatic rings. The van der Waals surface area contributed by atoms with E-state index in [0.717, 1.165) is 11.1 Å². The Morgan fingerprint density at radius 2 is 1.79 bits per heavy atom. The van der Waals surface area contributed by atoms with Crippen LogP contribution in [0.15, 0.2) is 36.4 Å². The Morgan fingerprint density at radius 1 is 1.07 bits per heavy atom. The zero-order chi connectivity index (χ0) is 9.97. The fourth-order valence-corrected chi connectivity index (χ4v) is 1.52. The van der Waals surface area contributed by atoms with Gasteiger partial charge in [-0.05, 0) is 19.1 Å². The first-order chi connectivity index (χ1) is 6.83. The van der Waals surface area contributed by atoms with E-state index in [1.165, 1.54) is 6.07 Å². The molecule has 1 nitrogen and oxygen atoms in total. The summed E-state index contributed by atoms with van der Waals surface area (Å²) in [6, 6.07) is 10.4. The predicted octanol–water partition coefficient (Wildman–Crippen LogP) is 3.38. The number of rotatable bonds is 2. The van der Waals surface area contributed by atoms with E-state index in [0.29, 0.717) is 12.0 Å². The highest BCUT2D eigenvalue weighted by Gasteiger charge is 2.04. The Balaban J connectivity index is 2.68. The van der Waals surface area contributed by atoms with Gasteiger partial charge in [0.05, 0.1) is 6.61 Å². The summed E-state index contributed by atoms with van der Waals surface area (Å²) in [5.41, 5.74) is 0. The zero-order valence-corrected chi connectivity index (χ0v) is 7.96. The monoisotopic (exact) mass is 190 g/mol. The van der Waals surface area contributed by atoms with Crippen LogP contribution in [0.5, 0.6) is 5.75 Å². The zero-order valence-electron chi connectivity index (χ0n) is 7.96. The van der Waals surface area contributed by atoms with Gasteiger partial charge in [0, 0.05) is 10.8 Å². The minimum Gasteiger partial charge on any atom is -0.493 e. The second-order valence-corrected chi connectivity index (χ2v) is 3.02. The molecule has 0 atom stereocenters. The number of halogens is 1. The number of ether oxygens (including phenoxy) is 1. The van der Waals surface area contributed by atoms with Crippen LogP contribution in [0.1, 0.15) is 6.92 Å². The first-order valence-electron chi connectivity index (χ1n) is 4.63. The third-order valence-corrected chi connectivity index (χ3v) is 2.13.